The summed E-state index contributed by atoms with van der Waals surface area (Å²) < 4.78 is 15.9. The van der Waals surface area contributed by atoms with Crippen LogP contribution >= 0.6 is 0 Å². The first kappa shape index (κ1) is 18.3. The summed E-state index contributed by atoms with van der Waals surface area (Å²) in [6.45, 7) is 6.13. The van der Waals surface area contributed by atoms with E-state index in [-0.39, 0.29) is 6.61 Å². The number of hydrogen-bond acceptors (Lipinski definition) is 5. The number of aliphatic hydroxyl groups excluding tert-OH is 1. The van der Waals surface area contributed by atoms with Crippen LogP contribution in [-0.4, -0.2) is 43.0 Å². The van der Waals surface area contributed by atoms with Crippen LogP contribution in [0.25, 0.3) is 0 Å². The van der Waals surface area contributed by atoms with Gasteiger partial charge < -0.3 is 19.0 Å². The molecular formula is C19H25NO4. The van der Waals surface area contributed by atoms with Crippen LogP contribution in [-0.2, 0) is 17.8 Å². The Kier molecular flexibility index (Phi) is 7.55. The first-order valence-corrected chi connectivity index (χ1v) is 7.95. The van der Waals surface area contributed by atoms with Crippen molar-refractivity contribution in [3.05, 3.63) is 66.6 Å². The topological polar surface area (TPSA) is 55.1 Å². The van der Waals surface area contributed by atoms with Gasteiger partial charge >= 0.3 is 0 Å². The van der Waals surface area contributed by atoms with Gasteiger partial charge in [-0.1, -0.05) is 18.2 Å². The van der Waals surface area contributed by atoms with E-state index in [9.17, 15) is 5.11 Å². The molecule has 0 aliphatic carbocycles. The van der Waals surface area contributed by atoms with Gasteiger partial charge in [0.05, 0.1) is 39.2 Å². The molecule has 24 heavy (non-hydrogen) atoms. The summed E-state index contributed by atoms with van der Waals surface area (Å²) in [6.07, 6.45) is 2.76. The van der Waals surface area contributed by atoms with Crippen molar-refractivity contribution in [2.24, 2.45) is 0 Å². The lowest BCUT2D eigenvalue weighted by Gasteiger charge is -2.24. The van der Waals surface area contributed by atoms with Crippen LogP contribution in [0.1, 0.15) is 11.3 Å². The molecule has 5 heteroatoms. The molecule has 0 radical (unpaired) electrons. The minimum Gasteiger partial charge on any atom is -0.497 e. The van der Waals surface area contributed by atoms with Gasteiger partial charge in [0.15, 0.2) is 0 Å². The third-order valence-corrected chi connectivity index (χ3v) is 3.54. The summed E-state index contributed by atoms with van der Waals surface area (Å²) in [7, 11) is 1.65. The largest absolute Gasteiger partial charge is 0.497 e. The number of nitrogens with zero attached hydrogens (tertiary/aromatic N) is 1. The van der Waals surface area contributed by atoms with E-state index in [4.69, 9.17) is 13.9 Å². The van der Waals surface area contributed by atoms with Crippen molar-refractivity contribution in [2.75, 3.05) is 26.9 Å². The monoisotopic (exact) mass is 331 g/mol. The van der Waals surface area contributed by atoms with E-state index < -0.39 is 6.10 Å². The maximum Gasteiger partial charge on any atom is 0.118 e. The molecule has 1 aromatic carbocycles. The lowest BCUT2D eigenvalue weighted by atomic mass is 10.2. The van der Waals surface area contributed by atoms with Crippen LogP contribution in [0.4, 0.5) is 0 Å². The standard InChI is InChI=1S/C19H25NO4/c1-3-10-23-15-17(21)13-20(14-19-5-4-11-24-19)12-16-6-8-18(22-2)9-7-16/h3-9,11,17,21H,1,10,12-15H2,2H3/t17-/m1/s1. The summed E-state index contributed by atoms with van der Waals surface area (Å²) in [6, 6.07) is 11.7. The molecule has 0 amide bonds. The quantitative estimate of drug-likeness (QED) is 0.507. The molecular weight excluding hydrogens is 306 g/mol. The van der Waals surface area contributed by atoms with Crippen molar-refractivity contribution in [1.29, 1.82) is 0 Å². The molecule has 0 unspecified atom stereocenters. The molecule has 1 atom stereocenters. The lowest BCUT2D eigenvalue weighted by Crippen LogP contribution is -2.34. The number of rotatable bonds is 11. The van der Waals surface area contributed by atoms with Crippen LogP contribution in [0.2, 0.25) is 0 Å². The van der Waals surface area contributed by atoms with Gasteiger partial charge in [0.2, 0.25) is 0 Å². The molecule has 0 spiro atoms. The van der Waals surface area contributed by atoms with Crippen molar-refractivity contribution < 1.29 is 19.0 Å². The molecule has 5 nitrogen and oxygen atoms in total. The summed E-state index contributed by atoms with van der Waals surface area (Å²) in [5.74, 6) is 1.69. The fourth-order valence-electron chi connectivity index (χ4n) is 2.44. The molecule has 1 heterocycles. The van der Waals surface area contributed by atoms with Crippen molar-refractivity contribution in [3.63, 3.8) is 0 Å². The normalized spacial score (nSPS) is 12.3. The number of ether oxygens (including phenoxy) is 2. The summed E-state index contributed by atoms with van der Waals surface area (Å²) in [5.41, 5.74) is 1.14. The highest BCUT2D eigenvalue weighted by Crippen LogP contribution is 2.15. The lowest BCUT2D eigenvalue weighted by molar-refractivity contribution is 0.0216. The maximum atomic E-state index is 10.2. The Balaban J connectivity index is 1.96. The Morgan fingerprint density at radius 2 is 2.04 bits per heavy atom. The molecule has 0 aliphatic heterocycles. The van der Waals surface area contributed by atoms with E-state index in [2.05, 4.69) is 11.5 Å². The zero-order valence-electron chi connectivity index (χ0n) is 14.1. The van der Waals surface area contributed by atoms with Gasteiger partial charge in [0, 0.05) is 13.1 Å². The molecule has 130 valence electrons. The number of benzene rings is 1. The average molecular weight is 331 g/mol. The highest BCUT2D eigenvalue weighted by Gasteiger charge is 2.14. The van der Waals surface area contributed by atoms with Crippen LogP contribution in [0, 0.1) is 0 Å². The number of furan rings is 1. The second kappa shape index (κ2) is 9.93. The van der Waals surface area contributed by atoms with E-state index in [0.29, 0.717) is 26.2 Å². The number of aliphatic hydroxyl groups is 1. The Hall–Kier alpha value is -2.08. The zero-order valence-corrected chi connectivity index (χ0v) is 14.1. The Morgan fingerprint density at radius 1 is 1.25 bits per heavy atom. The highest BCUT2D eigenvalue weighted by atomic mass is 16.5. The third-order valence-electron chi connectivity index (χ3n) is 3.54. The van der Waals surface area contributed by atoms with E-state index in [1.54, 1.807) is 19.4 Å². The summed E-state index contributed by atoms with van der Waals surface area (Å²) in [5, 5.41) is 10.2. The van der Waals surface area contributed by atoms with Gasteiger partial charge in [0.25, 0.3) is 0 Å². The van der Waals surface area contributed by atoms with Gasteiger partial charge in [-0.15, -0.1) is 6.58 Å². The molecule has 0 aliphatic rings. The van der Waals surface area contributed by atoms with Crippen LogP contribution < -0.4 is 4.74 Å². The predicted molar refractivity (Wildman–Crippen MR) is 92.8 cm³/mol. The molecule has 2 aromatic rings. The van der Waals surface area contributed by atoms with Crippen molar-refractivity contribution in [1.82, 2.24) is 4.90 Å². The average Bonchev–Trinajstić information content (AvgIpc) is 3.08. The minimum absolute atomic E-state index is 0.281. The fraction of sp³-hybridized carbons (Fsp3) is 0.368. The van der Waals surface area contributed by atoms with Crippen molar-refractivity contribution in [2.45, 2.75) is 19.2 Å². The van der Waals surface area contributed by atoms with E-state index in [1.165, 1.54) is 0 Å². The zero-order chi connectivity index (χ0) is 17.2. The Bertz CT molecular complexity index is 580. The Morgan fingerprint density at radius 3 is 2.67 bits per heavy atom. The Labute approximate surface area is 143 Å². The minimum atomic E-state index is -0.571. The van der Waals surface area contributed by atoms with Crippen LogP contribution in [0.3, 0.4) is 0 Å². The maximum absolute atomic E-state index is 10.2. The molecule has 0 bridgehead atoms. The highest BCUT2D eigenvalue weighted by molar-refractivity contribution is 5.27. The van der Waals surface area contributed by atoms with Gasteiger partial charge in [-0.25, -0.2) is 0 Å². The molecule has 2 rings (SSSR count). The summed E-state index contributed by atoms with van der Waals surface area (Å²) >= 11 is 0. The van der Waals surface area contributed by atoms with Crippen LogP contribution in [0.15, 0.2) is 59.7 Å². The van der Waals surface area contributed by atoms with Gasteiger partial charge in [-0.2, -0.15) is 0 Å². The second-order valence-electron chi connectivity index (χ2n) is 5.58. The molecule has 1 aromatic heterocycles. The molecule has 0 saturated heterocycles. The summed E-state index contributed by atoms with van der Waals surface area (Å²) in [4.78, 5) is 2.13. The molecule has 0 fully saturated rings. The first-order valence-electron chi connectivity index (χ1n) is 7.95. The van der Waals surface area contributed by atoms with Crippen molar-refractivity contribution in [3.8, 4) is 5.75 Å². The molecule has 0 saturated carbocycles. The predicted octanol–water partition coefficient (Wildman–Crippen LogP) is 2.85. The van der Waals surface area contributed by atoms with Crippen LogP contribution in [0.5, 0.6) is 5.75 Å². The van der Waals surface area contributed by atoms with Gasteiger partial charge in [-0.3, -0.25) is 4.90 Å². The second-order valence-corrected chi connectivity index (χ2v) is 5.58. The first-order chi connectivity index (χ1) is 11.7. The van der Waals surface area contributed by atoms with E-state index in [1.807, 2.05) is 36.4 Å². The fourth-order valence-corrected chi connectivity index (χ4v) is 2.44. The number of hydrogen-bond donors (Lipinski definition) is 1. The number of methoxy groups -OCH3 is 1. The van der Waals surface area contributed by atoms with Gasteiger partial charge in [0.1, 0.15) is 11.5 Å². The smallest absolute Gasteiger partial charge is 0.118 e. The van der Waals surface area contributed by atoms with E-state index in [0.717, 1.165) is 17.1 Å². The van der Waals surface area contributed by atoms with E-state index >= 15 is 0 Å². The molecule has 1 N–H and O–H groups in total. The third kappa shape index (κ3) is 6.20. The van der Waals surface area contributed by atoms with Gasteiger partial charge in [-0.05, 0) is 29.8 Å². The SMILES string of the molecule is C=CCOC[C@H](O)CN(Cc1ccc(OC)cc1)Cc1ccco1. The van der Waals surface area contributed by atoms with Crippen molar-refractivity contribution >= 4 is 0 Å².